The topological polar surface area (TPSA) is 74.6 Å². The summed E-state index contributed by atoms with van der Waals surface area (Å²) in [6.07, 6.45) is 1.06. The fraction of sp³-hybridized carbons (Fsp3) is 0. The number of rotatable bonds is 2. The molecule has 0 aromatic heterocycles. The third-order valence-electron chi connectivity index (χ3n) is 2.39. The maximum atomic E-state index is 10.6. The van der Waals surface area contributed by atoms with Gasteiger partial charge < -0.3 is 10.2 Å². The summed E-state index contributed by atoms with van der Waals surface area (Å²) in [5.41, 5.74) is 0.296. The van der Waals surface area contributed by atoms with Crippen molar-refractivity contribution < 1.29 is 19.8 Å². The molecule has 0 heterocycles. The average molecular weight is 216 g/mol. The summed E-state index contributed by atoms with van der Waals surface area (Å²) in [6.45, 7) is 0. The fourth-order valence-electron chi connectivity index (χ4n) is 1.55. The van der Waals surface area contributed by atoms with Crippen molar-refractivity contribution in [3.05, 3.63) is 35.4 Å². The van der Waals surface area contributed by atoms with Gasteiger partial charge in [-0.1, -0.05) is 0 Å². The molecule has 2 N–H and O–H groups in total. The van der Waals surface area contributed by atoms with Gasteiger partial charge in [-0.05, 0) is 35.0 Å². The molecule has 2 aromatic rings. The highest BCUT2D eigenvalue weighted by atomic mass is 16.3. The van der Waals surface area contributed by atoms with E-state index in [-0.39, 0.29) is 22.6 Å². The lowest BCUT2D eigenvalue weighted by Crippen LogP contribution is -1.86. The van der Waals surface area contributed by atoms with Crippen molar-refractivity contribution in [1.29, 1.82) is 0 Å². The molecular weight excluding hydrogens is 208 g/mol. The molecule has 0 atom stereocenters. The smallest absolute Gasteiger partial charge is 0.153 e. The Bertz CT molecular complexity index is 538. The van der Waals surface area contributed by atoms with Crippen LogP contribution in [0.15, 0.2) is 24.3 Å². The Labute approximate surface area is 90.8 Å². The van der Waals surface area contributed by atoms with Crippen molar-refractivity contribution in [2.75, 3.05) is 0 Å². The standard InChI is InChI=1S/C12H8O4/c13-5-9-1-7-2-10(6-14)12(16)4-8(7)3-11(9)15/h1-6,15-16H. The van der Waals surface area contributed by atoms with Gasteiger partial charge in [-0.3, -0.25) is 9.59 Å². The molecule has 16 heavy (non-hydrogen) atoms. The molecular formula is C12H8O4. The lowest BCUT2D eigenvalue weighted by molar-refractivity contribution is 0.111. The van der Waals surface area contributed by atoms with E-state index in [9.17, 15) is 19.8 Å². The number of carbonyl (C=O) groups excluding carboxylic acids is 2. The molecule has 0 saturated heterocycles. The first-order chi connectivity index (χ1) is 7.65. The lowest BCUT2D eigenvalue weighted by Gasteiger charge is -2.04. The van der Waals surface area contributed by atoms with Gasteiger partial charge in [0.2, 0.25) is 0 Å². The van der Waals surface area contributed by atoms with E-state index in [4.69, 9.17) is 0 Å². The van der Waals surface area contributed by atoms with Crippen LogP contribution in [0.4, 0.5) is 0 Å². The first kappa shape index (κ1) is 10.2. The third kappa shape index (κ3) is 1.50. The van der Waals surface area contributed by atoms with Gasteiger partial charge >= 0.3 is 0 Å². The van der Waals surface area contributed by atoms with Gasteiger partial charge in [0.1, 0.15) is 11.5 Å². The average Bonchev–Trinajstić information content (AvgIpc) is 2.27. The van der Waals surface area contributed by atoms with E-state index in [1.165, 1.54) is 24.3 Å². The molecule has 0 unspecified atom stereocenters. The van der Waals surface area contributed by atoms with Crippen LogP contribution >= 0.6 is 0 Å². The summed E-state index contributed by atoms with van der Waals surface area (Å²) >= 11 is 0. The van der Waals surface area contributed by atoms with Gasteiger partial charge in [-0.15, -0.1) is 0 Å². The molecule has 0 aliphatic rings. The first-order valence-electron chi connectivity index (χ1n) is 4.56. The maximum Gasteiger partial charge on any atom is 0.153 e. The monoisotopic (exact) mass is 216 g/mol. The van der Waals surface area contributed by atoms with E-state index < -0.39 is 0 Å². The van der Waals surface area contributed by atoms with Crippen molar-refractivity contribution >= 4 is 23.3 Å². The van der Waals surface area contributed by atoms with E-state index in [2.05, 4.69) is 0 Å². The zero-order valence-electron chi connectivity index (χ0n) is 8.18. The predicted octanol–water partition coefficient (Wildman–Crippen LogP) is 1.88. The van der Waals surface area contributed by atoms with Crippen LogP contribution in [0.5, 0.6) is 11.5 Å². The second-order valence-electron chi connectivity index (χ2n) is 3.40. The second-order valence-corrected chi connectivity index (χ2v) is 3.40. The van der Waals surface area contributed by atoms with Crippen LogP contribution in [0.3, 0.4) is 0 Å². The summed E-state index contributed by atoms with van der Waals surface area (Å²) in [7, 11) is 0. The van der Waals surface area contributed by atoms with Crippen LogP contribution in [0.2, 0.25) is 0 Å². The summed E-state index contributed by atoms with van der Waals surface area (Å²) in [5.74, 6) is -0.304. The SMILES string of the molecule is O=Cc1cc2cc(C=O)c(O)cc2cc1O. The summed E-state index contributed by atoms with van der Waals surface area (Å²) < 4.78 is 0. The van der Waals surface area contributed by atoms with E-state index in [1.54, 1.807) is 0 Å². The molecule has 4 heteroatoms. The second kappa shape index (κ2) is 3.66. The van der Waals surface area contributed by atoms with Crippen molar-refractivity contribution in [2.24, 2.45) is 0 Å². The minimum absolute atomic E-state index is 0.148. The highest BCUT2D eigenvalue weighted by molar-refractivity contribution is 5.96. The minimum atomic E-state index is -0.152. The van der Waals surface area contributed by atoms with E-state index in [0.717, 1.165) is 0 Å². The van der Waals surface area contributed by atoms with Crippen molar-refractivity contribution in [2.45, 2.75) is 0 Å². The number of fused-ring (bicyclic) bond motifs is 1. The van der Waals surface area contributed by atoms with Crippen LogP contribution in [-0.4, -0.2) is 22.8 Å². The van der Waals surface area contributed by atoms with E-state index >= 15 is 0 Å². The Balaban J connectivity index is 2.81. The summed E-state index contributed by atoms with van der Waals surface area (Å²) in [6, 6.07) is 5.66. The highest BCUT2D eigenvalue weighted by Gasteiger charge is 2.07. The molecule has 0 bridgehead atoms. The molecule has 4 nitrogen and oxygen atoms in total. The van der Waals surface area contributed by atoms with Crippen LogP contribution in [0.25, 0.3) is 10.8 Å². The van der Waals surface area contributed by atoms with E-state index in [1.807, 2.05) is 0 Å². The van der Waals surface area contributed by atoms with Crippen LogP contribution in [0, 0.1) is 0 Å². The Hall–Kier alpha value is -2.36. The Morgan fingerprint density at radius 2 is 1.12 bits per heavy atom. The van der Waals surface area contributed by atoms with E-state index in [0.29, 0.717) is 23.3 Å². The largest absolute Gasteiger partial charge is 0.507 e. The first-order valence-corrected chi connectivity index (χ1v) is 4.56. The fourth-order valence-corrected chi connectivity index (χ4v) is 1.55. The number of phenolic OH excluding ortho intramolecular Hbond substituents is 2. The van der Waals surface area contributed by atoms with Gasteiger partial charge in [0.25, 0.3) is 0 Å². The molecule has 0 fully saturated rings. The minimum Gasteiger partial charge on any atom is -0.507 e. The lowest BCUT2D eigenvalue weighted by atomic mass is 10.0. The normalized spacial score (nSPS) is 10.2. The summed E-state index contributed by atoms with van der Waals surface area (Å²) in [5, 5.41) is 20.1. The zero-order chi connectivity index (χ0) is 11.7. The Morgan fingerprint density at radius 3 is 1.50 bits per heavy atom. The molecule has 80 valence electrons. The van der Waals surface area contributed by atoms with Gasteiger partial charge in [-0.2, -0.15) is 0 Å². The van der Waals surface area contributed by atoms with Crippen molar-refractivity contribution in [1.82, 2.24) is 0 Å². The number of hydrogen-bond acceptors (Lipinski definition) is 4. The van der Waals surface area contributed by atoms with Gasteiger partial charge in [0.15, 0.2) is 12.6 Å². The van der Waals surface area contributed by atoms with Gasteiger partial charge in [0.05, 0.1) is 11.1 Å². The van der Waals surface area contributed by atoms with Crippen LogP contribution in [-0.2, 0) is 0 Å². The number of hydrogen-bond donors (Lipinski definition) is 2. The van der Waals surface area contributed by atoms with Gasteiger partial charge in [-0.25, -0.2) is 0 Å². The molecule has 0 aliphatic heterocycles. The zero-order valence-corrected chi connectivity index (χ0v) is 8.18. The van der Waals surface area contributed by atoms with Gasteiger partial charge in [0, 0.05) is 0 Å². The number of benzene rings is 2. The molecule has 0 amide bonds. The van der Waals surface area contributed by atoms with Crippen LogP contribution < -0.4 is 0 Å². The molecule has 0 radical (unpaired) electrons. The maximum absolute atomic E-state index is 10.6. The van der Waals surface area contributed by atoms with Crippen LogP contribution in [0.1, 0.15) is 20.7 Å². The Kier molecular flexibility index (Phi) is 2.32. The predicted molar refractivity (Wildman–Crippen MR) is 58.1 cm³/mol. The third-order valence-corrected chi connectivity index (χ3v) is 2.39. The summed E-state index contributed by atoms with van der Waals surface area (Å²) in [4.78, 5) is 21.2. The quantitative estimate of drug-likeness (QED) is 0.751. The number of carbonyl (C=O) groups is 2. The Morgan fingerprint density at radius 1 is 0.750 bits per heavy atom. The highest BCUT2D eigenvalue weighted by Crippen LogP contribution is 2.28. The molecule has 2 aromatic carbocycles. The molecule has 0 aliphatic carbocycles. The number of aldehydes is 2. The van der Waals surface area contributed by atoms with Crippen molar-refractivity contribution in [3.8, 4) is 11.5 Å². The number of aromatic hydroxyl groups is 2. The number of phenols is 2. The van der Waals surface area contributed by atoms with Crippen molar-refractivity contribution in [3.63, 3.8) is 0 Å². The molecule has 0 spiro atoms. The molecule has 0 saturated carbocycles. The molecule has 2 rings (SSSR count).